The lowest BCUT2D eigenvalue weighted by molar-refractivity contribution is 0.475. The van der Waals surface area contributed by atoms with Crippen molar-refractivity contribution < 1.29 is 13.5 Å². The minimum Gasteiger partial charge on any atom is -0.508 e. The average Bonchev–Trinajstić information content (AvgIpc) is 2.47. The van der Waals surface area contributed by atoms with E-state index < -0.39 is 10.0 Å². The summed E-state index contributed by atoms with van der Waals surface area (Å²) in [4.78, 5) is 3.77. The fraction of sp³-hybridized carbons (Fsp3) is 0.0769. The molecule has 0 aliphatic rings. The molecule has 0 saturated carbocycles. The zero-order valence-corrected chi connectivity index (χ0v) is 12.7. The first-order valence-corrected chi connectivity index (χ1v) is 7.71. The van der Waals surface area contributed by atoms with Gasteiger partial charge in [-0.15, -0.1) is 0 Å². The zero-order chi connectivity index (χ0) is 15.6. The lowest BCUT2D eigenvalue weighted by atomic mass is 10.3. The van der Waals surface area contributed by atoms with Gasteiger partial charge < -0.3 is 10.8 Å². The van der Waals surface area contributed by atoms with E-state index in [0.29, 0.717) is 5.69 Å². The molecule has 2 aromatic rings. The van der Waals surface area contributed by atoms with E-state index in [0.717, 1.165) is 4.31 Å². The van der Waals surface area contributed by atoms with Crippen LogP contribution in [0.4, 0.5) is 5.69 Å². The van der Waals surface area contributed by atoms with E-state index in [4.69, 9.17) is 18.0 Å². The summed E-state index contributed by atoms with van der Waals surface area (Å²) < 4.78 is 26.4. The summed E-state index contributed by atoms with van der Waals surface area (Å²) in [5.74, 6) is 0.0507. The number of nitrogens with two attached hydrogens (primary N) is 1. The van der Waals surface area contributed by atoms with E-state index in [9.17, 15) is 13.5 Å². The van der Waals surface area contributed by atoms with E-state index in [1.165, 1.54) is 49.6 Å². The second-order valence-electron chi connectivity index (χ2n) is 4.20. The van der Waals surface area contributed by atoms with Crippen LogP contribution in [0, 0.1) is 0 Å². The summed E-state index contributed by atoms with van der Waals surface area (Å²) in [7, 11) is -2.46. The fourth-order valence-electron chi connectivity index (χ4n) is 1.73. The quantitative estimate of drug-likeness (QED) is 0.822. The van der Waals surface area contributed by atoms with Crippen LogP contribution in [-0.4, -0.2) is 30.5 Å². The van der Waals surface area contributed by atoms with Gasteiger partial charge >= 0.3 is 0 Å². The Kier molecular flexibility index (Phi) is 4.10. The van der Waals surface area contributed by atoms with Crippen LogP contribution >= 0.6 is 12.2 Å². The lowest BCUT2D eigenvalue weighted by Crippen LogP contribution is -2.29. The van der Waals surface area contributed by atoms with Gasteiger partial charge in [-0.2, -0.15) is 0 Å². The number of phenols is 1. The molecule has 6 nitrogen and oxygen atoms in total. The van der Waals surface area contributed by atoms with E-state index in [2.05, 4.69) is 4.98 Å². The number of aromatic nitrogens is 1. The molecule has 0 spiro atoms. The molecule has 8 heteroatoms. The van der Waals surface area contributed by atoms with Crippen LogP contribution in [0.3, 0.4) is 0 Å². The summed E-state index contributed by atoms with van der Waals surface area (Å²) in [6, 6.07) is 8.68. The molecule has 21 heavy (non-hydrogen) atoms. The van der Waals surface area contributed by atoms with Crippen LogP contribution < -0.4 is 10.0 Å². The van der Waals surface area contributed by atoms with Crippen molar-refractivity contribution in [2.75, 3.05) is 11.4 Å². The van der Waals surface area contributed by atoms with Crippen molar-refractivity contribution in [1.29, 1.82) is 0 Å². The van der Waals surface area contributed by atoms with Crippen molar-refractivity contribution in [1.82, 2.24) is 4.98 Å². The third-order valence-corrected chi connectivity index (χ3v) is 4.87. The highest BCUT2D eigenvalue weighted by molar-refractivity contribution is 7.93. The van der Waals surface area contributed by atoms with Gasteiger partial charge in [0.05, 0.1) is 5.69 Å². The first-order chi connectivity index (χ1) is 9.84. The normalized spacial score (nSPS) is 11.1. The molecule has 2 rings (SSSR count). The topological polar surface area (TPSA) is 96.5 Å². The molecule has 3 N–H and O–H groups in total. The first kappa shape index (κ1) is 15.2. The minimum absolute atomic E-state index is 0.0507. The largest absolute Gasteiger partial charge is 0.508 e. The molecule has 110 valence electrons. The molecule has 0 unspecified atom stereocenters. The number of rotatable bonds is 4. The molecule has 0 saturated heterocycles. The van der Waals surface area contributed by atoms with Gasteiger partial charge in [-0.25, -0.2) is 8.42 Å². The Morgan fingerprint density at radius 3 is 2.48 bits per heavy atom. The van der Waals surface area contributed by atoms with Gasteiger partial charge in [-0.3, -0.25) is 9.29 Å². The number of pyridine rings is 1. The molecule has 0 radical (unpaired) electrons. The molecule has 0 bridgehead atoms. The van der Waals surface area contributed by atoms with Crippen molar-refractivity contribution in [3.63, 3.8) is 0 Å². The summed E-state index contributed by atoms with van der Waals surface area (Å²) in [6.45, 7) is 0. The van der Waals surface area contributed by atoms with Crippen molar-refractivity contribution >= 4 is 32.9 Å². The molecule has 1 heterocycles. The number of aromatic hydroxyl groups is 1. The standard InChI is InChI=1S/C13H13N3O3S2/c1-16(9-4-6-10(17)7-5-9)21(18,19)11-3-2-8-15-12(11)13(14)20/h2-8,17H,1H3,(H2,14,20). The van der Waals surface area contributed by atoms with Crippen LogP contribution in [0.2, 0.25) is 0 Å². The van der Waals surface area contributed by atoms with E-state index in [1.807, 2.05) is 0 Å². The number of nitrogens with zero attached hydrogens (tertiary/aromatic N) is 2. The monoisotopic (exact) mass is 323 g/mol. The highest BCUT2D eigenvalue weighted by Gasteiger charge is 2.25. The molecule has 0 aliphatic carbocycles. The predicted octanol–water partition coefficient (Wildman–Crippen LogP) is 1.25. The average molecular weight is 323 g/mol. The van der Waals surface area contributed by atoms with E-state index in [-0.39, 0.29) is 21.3 Å². The van der Waals surface area contributed by atoms with Gasteiger partial charge in [-0.1, -0.05) is 12.2 Å². The molecule has 1 aromatic heterocycles. The number of phenolic OH excluding ortho intramolecular Hbond substituents is 1. The third kappa shape index (κ3) is 2.96. The second-order valence-corrected chi connectivity index (χ2v) is 6.58. The van der Waals surface area contributed by atoms with Gasteiger partial charge in [0, 0.05) is 13.2 Å². The van der Waals surface area contributed by atoms with Gasteiger partial charge in [-0.05, 0) is 36.4 Å². The molecular formula is C13H13N3O3S2. The van der Waals surface area contributed by atoms with Crippen molar-refractivity contribution in [3.8, 4) is 5.75 Å². The fourth-order valence-corrected chi connectivity index (χ4v) is 3.31. The molecule has 0 amide bonds. The SMILES string of the molecule is CN(c1ccc(O)cc1)S(=O)(=O)c1cccnc1C(N)=S. The Hall–Kier alpha value is -2.19. The van der Waals surface area contributed by atoms with E-state index in [1.54, 1.807) is 0 Å². The molecule has 0 aliphatic heterocycles. The van der Waals surface area contributed by atoms with Crippen LogP contribution in [0.5, 0.6) is 5.75 Å². The zero-order valence-electron chi connectivity index (χ0n) is 11.1. The number of sulfonamides is 1. The van der Waals surface area contributed by atoms with E-state index >= 15 is 0 Å². The number of hydrogen-bond donors (Lipinski definition) is 2. The van der Waals surface area contributed by atoms with Crippen LogP contribution in [-0.2, 0) is 10.0 Å². The Morgan fingerprint density at radius 2 is 1.90 bits per heavy atom. The third-order valence-electron chi connectivity index (χ3n) is 2.86. The molecule has 1 aromatic carbocycles. The Labute approximate surface area is 127 Å². The Bertz CT molecular complexity index is 774. The lowest BCUT2D eigenvalue weighted by Gasteiger charge is -2.20. The Balaban J connectivity index is 2.52. The number of benzene rings is 1. The predicted molar refractivity (Wildman–Crippen MR) is 83.8 cm³/mol. The van der Waals surface area contributed by atoms with Crippen molar-refractivity contribution in [2.45, 2.75) is 4.90 Å². The summed E-state index contributed by atoms with van der Waals surface area (Å²) in [5, 5.41) is 9.26. The molecule has 0 atom stereocenters. The number of thiocarbonyl (C=S) groups is 1. The van der Waals surface area contributed by atoms with Gasteiger partial charge in [0.15, 0.2) is 0 Å². The number of anilines is 1. The van der Waals surface area contributed by atoms with Crippen LogP contribution in [0.1, 0.15) is 5.69 Å². The maximum absolute atomic E-state index is 12.7. The highest BCUT2D eigenvalue weighted by atomic mass is 32.2. The molecular weight excluding hydrogens is 310 g/mol. The van der Waals surface area contributed by atoms with Crippen molar-refractivity contribution in [3.05, 3.63) is 48.3 Å². The summed E-state index contributed by atoms with van der Waals surface area (Å²) in [6.07, 6.45) is 1.42. The van der Waals surface area contributed by atoms with Crippen LogP contribution in [0.25, 0.3) is 0 Å². The summed E-state index contributed by atoms with van der Waals surface area (Å²) in [5.41, 5.74) is 5.97. The highest BCUT2D eigenvalue weighted by Crippen LogP contribution is 2.25. The Morgan fingerprint density at radius 1 is 1.29 bits per heavy atom. The summed E-state index contributed by atoms with van der Waals surface area (Å²) >= 11 is 4.84. The molecule has 0 fully saturated rings. The van der Waals surface area contributed by atoms with Gasteiger partial charge in [0.25, 0.3) is 10.0 Å². The second kappa shape index (κ2) is 5.66. The smallest absolute Gasteiger partial charge is 0.266 e. The number of hydrogen-bond acceptors (Lipinski definition) is 5. The minimum atomic E-state index is -3.86. The van der Waals surface area contributed by atoms with Gasteiger partial charge in [0.1, 0.15) is 21.3 Å². The maximum atomic E-state index is 12.7. The van der Waals surface area contributed by atoms with Gasteiger partial charge in [0.2, 0.25) is 0 Å². The van der Waals surface area contributed by atoms with Crippen LogP contribution in [0.15, 0.2) is 47.5 Å². The van der Waals surface area contributed by atoms with Crippen molar-refractivity contribution in [2.24, 2.45) is 5.73 Å². The maximum Gasteiger partial charge on any atom is 0.266 e. The first-order valence-electron chi connectivity index (χ1n) is 5.87.